The average molecular weight is 466 g/mol. The second-order valence-corrected chi connectivity index (χ2v) is 8.82. The van der Waals surface area contributed by atoms with E-state index in [4.69, 9.17) is 4.74 Å². The Balaban J connectivity index is 1.37. The summed E-state index contributed by atoms with van der Waals surface area (Å²) in [6.07, 6.45) is 4.54. The molecular formula is C26H35N5O3. The van der Waals surface area contributed by atoms with E-state index in [2.05, 4.69) is 29.0 Å². The van der Waals surface area contributed by atoms with Crippen molar-refractivity contribution in [2.45, 2.75) is 33.1 Å². The average Bonchev–Trinajstić information content (AvgIpc) is 3.00. The van der Waals surface area contributed by atoms with Gasteiger partial charge in [0.15, 0.2) is 5.82 Å². The fourth-order valence-electron chi connectivity index (χ4n) is 4.66. The maximum Gasteiger partial charge on any atom is 0.330 e. The minimum absolute atomic E-state index is 0.141. The summed E-state index contributed by atoms with van der Waals surface area (Å²) in [5.41, 5.74) is 1.64. The van der Waals surface area contributed by atoms with Gasteiger partial charge in [-0.05, 0) is 62.5 Å². The van der Waals surface area contributed by atoms with Crippen molar-refractivity contribution in [2.24, 2.45) is 5.92 Å². The zero-order chi connectivity index (χ0) is 23.9. The SMILES string of the molecule is CCN(CC)CCOCCC1CCN(C(=O)N2c3ccccc3NC(=O)c3cccnc32)CC1. The second kappa shape index (κ2) is 11.4. The number of carbonyl (C=O) groups is 2. The predicted octanol–water partition coefficient (Wildman–Crippen LogP) is 4.37. The normalized spacial score (nSPS) is 16.1. The molecule has 0 radical (unpaired) electrons. The molecule has 3 amide bonds. The van der Waals surface area contributed by atoms with E-state index in [0.29, 0.717) is 41.8 Å². The molecule has 2 aromatic rings. The summed E-state index contributed by atoms with van der Waals surface area (Å²) in [6.45, 7) is 10.3. The van der Waals surface area contributed by atoms with Crippen LogP contribution in [0, 0.1) is 5.92 Å². The first-order chi connectivity index (χ1) is 16.6. The summed E-state index contributed by atoms with van der Waals surface area (Å²) in [5, 5.41) is 2.91. The van der Waals surface area contributed by atoms with Gasteiger partial charge in [-0.15, -0.1) is 0 Å². The molecule has 0 bridgehead atoms. The number of amides is 3. The monoisotopic (exact) mass is 465 g/mol. The number of fused-ring (bicyclic) bond motifs is 2. The van der Waals surface area contributed by atoms with Crippen molar-refractivity contribution in [3.8, 4) is 0 Å². The van der Waals surface area contributed by atoms with Gasteiger partial charge in [0.2, 0.25) is 0 Å². The molecule has 0 atom stereocenters. The molecule has 182 valence electrons. The third kappa shape index (κ3) is 5.39. The van der Waals surface area contributed by atoms with Crippen LogP contribution >= 0.6 is 0 Å². The van der Waals surface area contributed by atoms with E-state index in [1.807, 2.05) is 29.2 Å². The zero-order valence-corrected chi connectivity index (χ0v) is 20.2. The molecule has 2 aliphatic rings. The van der Waals surface area contributed by atoms with Crippen molar-refractivity contribution in [1.29, 1.82) is 0 Å². The van der Waals surface area contributed by atoms with Crippen molar-refractivity contribution in [2.75, 3.05) is 56.2 Å². The number of hydrogen-bond acceptors (Lipinski definition) is 5. The van der Waals surface area contributed by atoms with Gasteiger partial charge in [-0.1, -0.05) is 26.0 Å². The molecule has 1 N–H and O–H groups in total. The van der Waals surface area contributed by atoms with Gasteiger partial charge >= 0.3 is 6.03 Å². The van der Waals surface area contributed by atoms with Crippen LogP contribution in [0.15, 0.2) is 42.6 Å². The summed E-state index contributed by atoms with van der Waals surface area (Å²) >= 11 is 0. The Labute approximate surface area is 201 Å². The van der Waals surface area contributed by atoms with Crippen LogP contribution in [0.1, 0.15) is 43.5 Å². The lowest BCUT2D eigenvalue weighted by molar-refractivity contribution is 0.0876. The first kappa shape index (κ1) is 24.2. The first-order valence-electron chi connectivity index (χ1n) is 12.4. The van der Waals surface area contributed by atoms with Crippen LogP contribution in [-0.4, -0.2) is 72.7 Å². The number of nitrogens with one attached hydrogen (secondary N) is 1. The van der Waals surface area contributed by atoms with Crippen molar-refractivity contribution in [3.05, 3.63) is 48.2 Å². The van der Waals surface area contributed by atoms with Crippen LogP contribution in [0.5, 0.6) is 0 Å². The molecule has 0 aliphatic carbocycles. The Morgan fingerprint density at radius 3 is 2.65 bits per heavy atom. The van der Waals surface area contributed by atoms with Crippen molar-refractivity contribution >= 4 is 29.1 Å². The Kier molecular flexibility index (Phi) is 8.13. The molecule has 8 nitrogen and oxygen atoms in total. The molecule has 0 unspecified atom stereocenters. The number of benzene rings is 1. The number of rotatable bonds is 8. The van der Waals surface area contributed by atoms with Crippen LogP contribution in [0.2, 0.25) is 0 Å². The van der Waals surface area contributed by atoms with E-state index in [9.17, 15) is 9.59 Å². The molecule has 1 aromatic heterocycles. The maximum atomic E-state index is 13.7. The minimum atomic E-state index is -0.259. The van der Waals surface area contributed by atoms with Crippen molar-refractivity contribution in [3.63, 3.8) is 0 Å². The number of aromatic nitrogens is 1. The number of likely N-dealkylation sites (N-methyl/N-ethyl adjacent to an activating group) is 1. The van der Waals surface area contributed by atoms with E-state index in [0.717, 1.165) is 52.1 Å². The lowest BCUT2D eigenvalue weighted by Crippen LogP contribution is -2.45. The maximum absolute atomic E-state index is 13.7. The van der Waals surface area contributed by atoms with Crippen molar-refractivity contribution < 1.29 is 14.3 Å². The van der Waals surface area contributed by atoms with Gasteiger partial charge in [-0.25, -0.2) is 14.7 Å². The lowest BCUT2D eigenvalue weighted by atomic mass is 9.94. The number of anilines is 3. The number of nitrogens with zero attached hydrogens (tertiary/aromatic N) is 4. The molecule has 2 aliphatic heterocycles. The van der Waals surface area contributed by atoms with Crippen LogP contribution in [-0.2, 0) is 4.74 Å². The topological polar surface area (TPSA) is 78.0 Å². The van der Waals surface area contributed by atoms with E-state index in [-0.39, 0.29) is 11.9 Å². The fraction of sp³-hybridized carbons (Fsp3) is 0.500. The zero-order valence-electron chi connectivity index (χ0n) is 20.2. The third-order valence-electron chi connectivity index (χ3n) is 6.83. The van der Waals surface area contributed by atoms with Gasteiger partial charge in [-0.3, -0.25) is 4.79 Å². The Morgan fingerprint density at radius 2 is 1.88 bits per heavy atom. The van der Waals surface area contributed by atoms with Gasteiger partial charge in [0, 0.05) is 32.4 Å². The molecule has 8 heteroatoms. The van der Waals surface area contributed by atoms with Crippen LogP contribution in [0.25, 0.3) is 0 Å². The van der Waals surface area contributed by atoms with E-state index >= 15 is 0 Å². The van der Waals surface area contributed by atoms with Gasteiger partial charge < -0.3 is 19.9 Å². The third-order valence-corrected chi connectivity index (χ3v) is 6.83. The second-order valence-electron chi connectivity index (χ2n) is 8.82. The smallest absolute Gasteiger partial charge is 0.330 e. The number of para-hydroxylation sites is 2. The number of ether oxygens (including phenoxy) is 1. The first-order valence-corrected chi connectivity index (χ1v) is 12.4. The number of piperidine rings is 1. The van der Waals surface area contributed by atoms with Gasteiger partial charge in [0.25, 0.3) is 5.91 Å². The van der Waals surface area contributed by atoms with Crippen LogP contribution in [0.4, 0.5) is 22.0 Å². The largest absolute Gasteiger partial charge is 0.380 e. The predicted molar refractivity (Wildman–Crippen MR) is 134 cm³/mol. The summed E-state index contributed by atoms with van der Waals surface area (Å²) < 4.78 is 5.86. The molecule has 34 heavy (non-hydrogen) atoms. The summed E-state index contributed by atoms with van der Waals surface area (Å²) in [4.78, 5) is 36.7. The Hall–Kier alpha value is -2.97. The quantitative estimate of drug-likeness (QED) is 0.586. The summed E-state index contributed by atoms with van der Waals surface area (Å²) in [5.74, 6) is 0.673. The standard InChI is InChI=1S/C26H35N5O3/c1-3-29(4-2)17-19-34-18-13-20-11-15-30(16-12-20)26(33)31-23-10-6-5-9-22(23)28-25(32)21-8-7-14-27-24(21)31/h5-10,14,20H,3-4,11-13,15-19H2,1-2H3,(H,28,32). The molecule has 0 spiro atoms. The number of urea groups is 1. The summed E-state index contributed by atoms with van der Waals surface area (Å²) in [6, 6.07) is 10.7. The highest BCUT2D eigenvalue weighted by Gasteiger charge is 2.34. The molecule has 3 heterocycles. The molecule has 1 saturated heterocycles. The lowest BCUT2D eigenvalue weighted by Gasteiger charge is -2.35. The Bertz CT molecular complexity index is 986. The molecule has 4 rings (SSSR count). The molecular weight excluding hydrogens is 430 g/mol. The van der Waals surface area contributed by atoms with Crippen LogP contribution in [0.3, 0.4) is 0 Å². The van der Waals surface area contributed by atoms with Gasteiger partial charge in [0.05, 0.1) is 23.5 Å². The van der Waals surface area contributed by atoms with E-state index in [1.165, 1.54) is 0 Å². The van der Waals surface area contributed by atoms with E-state index < -0.39 is 0 Å². The molecule has 1 fully saturated rings. The van der Waals surface area contributed by atoms with E-state index in [1.54, 1.807) is 23.2 Å². The molecule has 1 aromatic carbocycles. The fourth-order valence-corrected chi connectivity index (χ4v) is 4.66. The van der Waals surface area contributed by atoms with Gasteiger partial charge in [0.1, 0.15) is 0 Å². The number of hydrogen-bond donors (Lipinski definition) is 1. The minimum Gasteiger partial charge on any atom is -0.380 e. The number of carbonyl (C=O) groups excluding carboxylic acids is 2. The van der Waals surface area contributed by atoms with Crippen molar-refractivity contribution in [1.82, 2.24) is 14.8 Å². The Morgan fingerprint density at radius 1 is 1.12 bits per heavy atom. The summed E-state index contributed by atoms with van der Waals surface area (Å²) in [7, 11) is 0. The van der Waals surface area contributed by atoms with Gasteiger partial charge in [-0.2, -0.15) is 0 Å². The highest BCUT2D eigenvalue weighted by atomic mass is 16.5. The highest BCUT2D eigenvalue weighted by molar-refractivity contribution is 6.16. The molecule has 0 saturated carbocycles. The highest BCUT2D eigenvalue weighted by Crippen LogP contribution is 2.37. The number of pyridine rings is 1. The van der Waals surface area contributed by atoms with Crippen LogP contribution < -0.4 is 10.2 Å². The number of likely N-dealkylation sites (tertiary alicyclic amines) is 1.